The number of nitrogens with one attached hydrogen (secondary N) is 4. The molecule has 10 heterocycles. The lowest BCUT2D eigenvalue weighted by Gasteiger charge is -2.33. The van der Waals surface area contributed by atoms with Gasteiger partial charge in [-0.1, -0.05) is 48.5 Å². The van der Waals surface area contributed by atoms with Crippen molar-refractivity contribution < 1.29 is 5.11 Å². The lowest BCUT2D eigenvalue weighted by molar-refractivity contribution is 0.214. The fourth-order valence-electron chi connectivity index (χ4n) is 9.91. The Balaban J connectivity index is 0.000000153. The van der Waals surface area contributed by atoms with Gasteiger partial charge < -0.3 is 50.0 Å². The van der Waals surface area contributed by atoms with Crippen molar-refractivity contribution in [2.45, 2.75) is 0 Å². The summed E-state index contributed by atoms with van der Waals surface area (Å²) in [6, 6.07) is 38.8. The molecule has 508 valence electrons. The van der Waals surface area contributed by atoms with Gasteiger partial charge in [0, 0.05) is 165 Å². The highest BCUT2D eigenvalue weighted by Gasteiger charge is 2.22. The van der Waals surface area contributed by atoms with Crippen LogP contribution in [0.15, 0.2) is 197 Å². The Labute approximate surface area is 592 Å². The second-order valence-electron chi connectivity index (χ2n) is 22.7. The third kappa shape index (κ3) is 22.0. The number of phenolic OH excluding ortho intramolecular Hbond substituents is 1. The highest BCUT2D eigenvalue weighted by atomic mass is 32.1. The van der Waals surface area contributed by atoms with Crippen LogP contribution in [0.2, 0.25) is 0 Å². The molecule has 6 aromatic heterocycles. The van der Waals surface area contributed by atoms with E-state index in [9.17, 15) is 5.11 Å². The Morgan fingerprint density at radius 3 is 1.02 bits per heavy atom. The van der Waals surface area contributed by atoms with Crippen LogP contribution in [0.3, 0.4) is 0 Å². The number of aromatic nitrogens is 9. The van der Waals surface area contributed by atoms with E-state index in [2.05, 4.69) is 155 Å². The molecule has 0 radical (unpaired) electrons. The standard InChI is InChI=1S/C17H21N7S.C17H20N6OS.C17H20N6S.C16H19N7S/c1-23-9-11-24(12-10-23)17(25)22-21-16(15-7-4-8-19-20-15)13-5-2-3-6-14(13)18;1-22-9-11-23(12-10-22)17(25)21-20-16(14-6-4-8-18-19-14)13-5-2-3-7-15(13)24;1-22-10-12-23(13-11-22)17(24)21-20-16(14-6-2-4-8-18-14)15-7-3-5-9-19-15;1-22-8-10-23(11-9-22)16(24)21-20-15(13-4-2-3-5-18-13)14-12-17-6-7-19-14/h2-8H,9-12,18H2,1H3,(H,22,25);2-8,24H,9-12H2,1H3,(H,21,25);2-9H,10-13H2,1H3,(H,21,24);2-7,12H,8-11H2,1H3,(H,21,24)/b21-16-;20-16-;;20-15-. The highest BCUT2D eigenvalue weighted by molar-refractivity contribution is 7.80. The zero-order valence-electron chi connectivity index (χ0n) is 55.1. The zero-order chi connectivity index (χ0) is 68.9. The highest BCUT2D eigenvalue weighted by Crippen LogP contribution is 2.20. The van der Waals surface area contributed by atoms with E-state index in [4.69, 9.17) is 54.6 Å². The van der Waals surface area contributed by atoms with E-state index in [-0.39, 0.29) is 5.75 Å². The number of pyridine rings is 3. The van der Waals surface area contributed by atoms with Gasteiger partial charge in [0.2, 0.25) is 0 Å². The van der Waals surface area contributed by atoms with Crippen molar-refractivity contribution in [3.05, 3.63) is 222 Å². The number of aromatic hydroxyl groups is 1. The van der Waals surface area contributed by atoms with Gasteiger partial charge in [-0.15, -0.1) is 10.2 Å². The quantitative estimate of drug-likeness (QED) is 0.0435. The van der Waals surface area contributed by atoms with Crippen LogP contribution in [0.25, 0.3) is 0 Å². The molecular formula is C67H80N26OS4. The maximum absolute atomic E-state index is 10.2. The molecule has 0 saturated carbocycles. The number of phenols is 1. The minimum absolute atomic E-state index is 0.124. The van der Waals surface area contributed by atoms with Crippen LogP contribution in [0.4, 0.5) is 5.69 Å². The van der Waals surface area contributed by atoms with E-state index in [0.29, 0.717) is 77.3 Å². The summed E-state index contributed by atoms with van der Waals surface area (Å²) in [6.45, 7) is 14.9. The van der Waals surface area contributed by atoms with Crippen LogP contribution in [0, 0.1) is 0 Å². The monoisotopic (exact) mass is 1390 g/mol. The first-order valence-corrected chi connectivity index (χ1v) is 33.4. The second kappa shape index (κ2) is 38.1. The summed E-state index contributed by atoms with van der Waals surface area (Å²) in [5.74, 6) is 0.124. The van der Waals surface area contributed by atoms with Gasteiger partial charge in [-0.05, 0) is 156 Å². The van der Waals surface area contributed by atoms with Crippen molar-refractivity contribution in [3.8, 4) is 5.75 Å². The topological polar surface area (TPSA) is 286 Å². The summed E-state index contributed by atoms with van der Waals surface area (Å²) in [7, 11) is 8.43. The molecule has 98 heavy (non-hydrogen) atoms. The Morgan fingerprint density at radius 1 is 0.357 bits per heavy atom. The first-order valence-electron chi connectivity index (χ1n) is 31.7. The van der Waals surface area contributed by atoms with Gasteiger partial charge in [0.1, 0.15) is 45.7 Å². The number of benzene rings is 2. The number of hydrogen-bond acceptors (Lipinski definition) is 23. The molecule has 8 aromatic rings. The molecule has 4 fully saturated rings. The van der Waals surface area contributed by atoms with E-state index in [1.54, 1.807) is 79.9 Å². The summed E-state index contributed by atoms with van der Waals surface area (Å²) in [4.78, 5) is 39.1. The molecule has 4 aliphatic heterocycles. The number of anilines is 1. The second-order valence-corrected chi connectivity index (χ2v) is 24.3. The number of nitrogens with two attached hydrogens (primary N) is 1. The maximum atomic E-state index is 10.2. The number of piperazine rings is 4. The van der Waals surface area contributed by atoms with Gasteiger partial charge in [-0.2, -0.15) is 30.6 Å². The molecule has 31 heteroatoms. The summed E-state index contributed by atoms with van der Waals surface area (Å²) < 4.78 is 0. The summed E-state index contributed by atoms with van der Waals surface area (Å²) in [6.07, 6.45) is 13.3. The molecule has 0 bridgehead atoms. The molecule has 0 aliphatic carbocycles. The summed E-state index contributed by atoms with van der Waals surface area (Å²) in [5.41, 5.74) is 26.5. The van der Waals surface area contributed by atoms with E-state index in [1.807, 2.05) is 97.1 Å². The maximum Gasteiger partial charge on any atom is 0.189 e. The number of hydrazone groups is 4. The van der Waals surface area contributed by atoms with Gasteiger partial charge in [0.05, 0.1) is 23.3 Å². The number of para-hydroxylation sites is 2. The molecule has 0 atom stereocenters. The fourth-order valence-corrected chi connectivity index (χ4v) is 10.8. The SMILES string of the molecule is CN1CCN(C(=S)N/N=C(/c2ccccn2)c2cnccn2)CC1.CN1CCN(C(=S)N/N=C(\c2cccnn2)c2ccccc2N)CC1.CN1CCN(C(=S)N/N=C(\c2cccnn2)c2ccccc2O)CC1.CN1CCN(C(=S)NN=C(c2ccccn2)c2ccccn2)CC1. The van der Waals surface area contributed by atoms with Crippen LogP contribution in [-0.4, -0.2) is 266 Å². The molecule has 7 N–H and O–H groups in total. The van der Waals surface area contributed by atoms with E-state index in [1.165, 1.54) is 0 Å². The average molecular weight is 1390 g/mol. The van der Waals surface area contributed by atoms with E-state index < -0.39 is 0 Å². The third-order valence-electron chi connectivity index (χ3n) is 15.7. The van der Waals surface area contributed by atoms with Crippen LogP contribution in [0.5, 0.6) is 5.75 Å². The van der Waals surface area contributed by atoms with Gasteiger partial charge in [0.25, 0.3) is 0 Å². The van der Waals surface area contributed by atoms with Crippen LogP contribution < -0.4 is 27.4 Å². The number of nitrogen functional groups attached to an aromatic ring is 1. The minimum Gasteiger partial charge on any atom is -0.507 e. The van der Waals surface area contributed by atoms with Crippen LogP contribution in [-0.2, 0) is 0 Å². The molecule has 0 amide bonds. The normalized spacial score (nSPS) is 15.7. The zero-order valence-corrected chi connectivity index (χ0v) is 58.4. The van der Waals surface area contributed by atoms with Gasteiger partial charge >= 0.3 is 0 Å². The lowest BCUT2D eigenvalue weighted by atomic mass is 10.1. The van der Waals surface area contributed by atoms with Crippen LogP contribution >= 0.6 is 48.9 Å². The molecule has 2 aromatic carbocycles. The van der Waals surface area contributed by atoms with Gasteiger partial charge in [-0.25, -0.2) is 0 Å². The number of nitrogens with zero attached hydrogens (tertiary/aromatic N) is 21. The number of likely N-dealkylation sites (N-methyl/N-ethyl adjacent to an activating group) is 4. The summed E-state index contributed by atoms with van der Waals surface area (Å²) >= 11 is 21.9. The first kappa shape index (κ1) is 72.3. The predicted molar refractivity (Wildman–Crippen MR) is 400 cm³/mol. The van der Waals surface area contributed by atoms with Crippen molar-refractivity contribution in [1.82, 2.24) is 106 Å². The Bertz CT molecular complexity index is 3590. The van der Waals surface area contributed by atoms with E-state index >= 15 is 0 Å². The molecule has 12 rings (SSSR count). The number of thiocarbonyl (C=S) groups is 4. The van der Waals surface area contributed by atoms with Crippen molar-refractivity contribution in [3.63, 3.8) is 0 Å². The van der Waals surface area contributed by atoms with Crippen molar-refractivity contribution in [1.29, 1.82) is 0 Å². The first-order chi connectivity index (χ1) is 47.8. The molecule has 4 saturated heterocycles. The molecule has 4 aliphatic rings. The molecule has 0 unspecified atom stereocenters. The van der Waals surface area contributed by atoms with Crippen molar-refractivity contribution in [2.75, 3.05) is 139 Å². The fraction of sp³-hybridized carbons (Fsp3) is 0.299. The Hall–Kier alpha value is -9.99. The average Bonchev–Trinajstić information content (AvgIpc) is 0.989. The predicted octanol–water partition coefficient (Wildman–Crippen LogP) is 4.09. The van der Waals surface area contributed by atoms with Gasteiger partial charge in [-0.3, -0.25) is 46.6 Å². The Kier molecular flexibility index (Phi) is 28.1. The lowest BCUT2D eigenvalue weighted by Crippen LogP contribution is -2.49. The largest absolute Gasteiger partial charge is 0.507 e. The number of rotatable bonds is 12. The molecular weight excluding hydrogens is 1310 g/mol. The number of hydrogen-bond donors (Lipinski definition) is 6. The molecule has 27 nitrogen and oxygen atoms in total. The Morgan fingerprint density at radius 2 is 0.684 bits per heavy atom. The smallest absolute Gasteiger partial charge is 0.189 e. The summed E-state index contributed by atoms with van der Waals surface area (Å²) in [5, 5.41) is 46.6. The van der Waals surface area contributed by atoms with Crippen molar-refractivity contribution in [2.24, 2.45) is 20.4 Å². The van der Waals surface area contributed by atoms with Gasteiger partial charge in [0.15, 0.2) is 20.4 Å². The molecule has 0 spiro atoms. The van der Waals surface area contributed by atoms with Crippen molar-refractivity contribution >= 4 is 97.9 Å². The third-order valence-corrected chi connectivity index (χ3v) is 17.1. The van der Waals surface area contributed by atoms with E-state index in [0.717, 1.165) is 122 Å². The van der Waals surface area contributed by atoms with Crippen LogP contribution in [0.1, 0.15) is 45.3 Å². The minimum atomic E-state index is 0.124.